The molecule has 0 atom stereocenters. The van der Waals surface area contributed by atoms with Crippen molar-refractivity contribution >= 4 is 11.4 Å². The molecule has 0 aliphatic carbocycles. The Balaban J connectivity index is 2.67. The van der Waals surface area contributed by atoms with Crippen molar-refractivity contribution in [2.45, 2.75) is 13.3 Å². The highest BCUT2D eigenvalue weighted by atomic mass is 16.1. The standard InChI is InChI=1S/C9H9N3O/c1-2-8(13)7-4-3-5-12-6-10-11-9(7)12/h3-6H,2H2,1H3. The Morgan fingerprint density at radius 2 is 2.46 bits per heavy atom. The van der Waals surface area contributed by atoms with E-state index in [4.69, 9.17) is 0 Å². The summed E-state index contributed by atoms with van der Waals surface area (Å²) in [4.78, 5) is 11.4. The number of fused-ring (bicyclic) bond motifs is 1. The fourth-order valence-electron chi connectivity index (χ4n) is 1.26. The summed E-state index contributed by atoms with van der Waals surface area (Å²) >= 11 is 0. The number of rotatable bonds is 2. The summed E-state index contributed by atoms with van der Waals surface area (Å²) < 4.78 is 1.74. The third-order valence-corrected chi connectivity index (χ3v) is 1.95. The number of carbonyl (C=O) groups excluding carboxylic acids is 1. The molecule has 0 amide bonds. The zero-order valence-corrected chi connectivity index (χ0v) is 7.27. The molecule has 4 nitrogen and oxygen atoms in total. The van der Waals surface area contributed by atoms with Crippen LogP contribution in [0, 0.1) is 0 Å². The first-order chi connectivity index (χ1) is 6.33. The minimum atomic E-state index is 0.0959. The summed E-state index contributed by atoms with van der Waals surface area (Å²) in [5.74, 6) is 0.0959. The van der Waals surface area contributed by atoms with Gasteiger partial charge in [0.2, 0.25) is 0 Å². The van der Waals surface area contributed by atoms with Gasteiger partial charge in [-0.05, 0) is 12.1 Å². The lowest BCUT2D eigenvalue weighted by atomic mass is 10.1. The fraction of sp³-hybridized carbons (Fsp3) is 0.222. The highest BCUT2D eigenvalue weighted by Gasteiger charge is 2.08. The molecular formula is C9H9N3O. The summed E-state index contributed by atoms with van der Waals surface area (Å²) in [6.45, 7) is 1.84. The summed E-state index contributed by atoms with van der Waals surface area (Å²) in [6, 6.07) is 3.59. The zero-order chi connectivity index (χ0) is 9.26. The van der Waals surface area contributed by atoms with Crippen molar-refractivity contribution in [3.8, 4) is 0 Å². The van der Waals surface area contributed by atoms with Gasteiger partial charge in [-0.25, -0.2) is 0 Å². The molecule has 2 aromatic heterocycles. The molecule has 0 N–H and O–H groups in total. The second-order valence-electron chi connectivity index (χ2n) is 2.76. The van der Waals surface area contributed by atoms with E-state index in [1.807, 2.05) is 19.2 Å². The SMILES string of the molecule is CCC(=O)c1cccn2cnnc12. The smallest absolute Gasteiger partial charge is 0.171 e. The Morgan fingerprint density at radius 1 is 1.62 bits per heavy atom. The van der Waals surface area contributed by atoms with Gasteiger partial charge >= 0.3 is 0 Å². The van der Waals surface area contributed by atoms with Crippen LogP contribution in [-0.4, -0.2) is 20.4 Å². The van der Waals surface area contributed by atoms with Crippen LogP contribution in [0.1, 0.15) is 23.7 Å². The lowest BCUT2D eigenvalue weighted by Crippen LogP contribution is -2.00. The highest BCUT2D eigenvalue weighted by molar-refractivity contribution is 6.01. The molecule has 0 bridgehead atoms. The minimum Gasteiger partial charge on any atom is -0.294 e. The van der Waals surface area contributed by atoms with Gasteiger partial charge in [0.1, 0.15) is 6.33 Å². The van der Waals surface area contributed by atoms with E-state index in [0.717, 1.165) is 0 Å². The lowest BCUT2D eigenvalue weighted by molar-refractivity contribution is 0.0989. The van der Waals surface area contributed by atoms with E-state index in [1.165, 1.54) is 0 Å². The molecule has 0 saturated carbocycles. The van der Waals surface area contributed by atoms with Crippen molar-refractivity contribution < 1.29 is 4.79 Å². The molecule has 0 unspecified atom stereocenters. The molecule has 0 aliphatic heterocycles. The predicted octanol–water partition coefficient (Wildman–Crippen LogP) is 1.32. The largest absolute Gasteiger partial charge is 0.294 e. The molecule has 0 fully saturated rings. The molecule has 0 saturated heterocycles. The Morgan fingerprint density at radius 3 is 3.23 bits per heavy atom. The van der Waals surface area contributed by atoms with Gasteiger partial charge in [0.05, 0.1) is 5.56 Å². The number of hydrogen-bond donors (Lipinski definition) is 0. The molecule has 66 valence electrons. The molecule has 0 aromatic carbocycles. The topological polar surface area (TPSA) is 47.3 Å². The van der Waals surface area contributed by atoms with Crippen molar-refractivity contribution in [3.05, 3.63) is 30.2 Å². The molecular weight excluding hydrogens is 166 g/mol. The van der Waals surface area contributed by atoms with E-state index in [1.54, 1.807) is 16.8 Å². The molecule has 0 radical (unpaired) electrons. The van der Waals surface area contributed by atoms with Crippen LogP contribution in [0.3, 0.4) is 0 Å². The van der Waals surface area contributed by atoms with Gasteiger partial charge in [0.15, 0.2) is 11.4 Å². The Hall–Kier alpha value is -1.71. The van der Waals surface area contributed by atoms with Crippen LogP contribution in [0.4, 0.5) is 0 Å². The predicted molar refractivity (Wildman–Crippen MR) is 47.6 cm³/mol. The summed E-state index contributed by atoms with van der Waals surface area (Å²) in [7, 11) is 0. The zero-order valence-electron chi connectivity index (χ0n) is 7.27. The Bertz CT molecular complexity index is 447. The number of pyridine rings is 1. The average molecular weight is 175 g/mol. The van der Waals surface area contributed by atoms with E-state index < -0.39 is 0 Å². The molecule has 0 aliphatic rings. The van der Waals surface area contributed by atoms with Crippen molar-refractivity contribution in [3.63, 3.8) is 0 Å². The van der Waals surface area contributed by atoms with Crippen LogP contribution < -0.4 is 0 Å². The van der Waals surface area contributed by atoms with Crippen molar-refractivity contribution in [1.82, 2.24) is 14.6 Å². The highest BCUT2D eigenvalue weighted by Crippen LogP contribution is 2.09. The Kier molecular flexibility index (Phi) is 1.81. The molecule has 4 heteroatoms. The van der Waals surface area contributed by atoms with E-state index in [0.29, 0.717) is 17.6 Å². The number of carbonyl (C=O) groups is 1. The fourth-order valence-corrected chi connectivity index (χ4v) is 1.26. The van der Waals surface area contributed by atoms with Crippen LogP contribution in [0.2, 0.25) is 0 Å². The maximum Gasteiger partial charge on any atom is 0.171 e. The van der Waals surface area contributed by atoms with Crippen LogP contribution in [0.25, 0.3) is 5.65 Å². The third-order valence-electron chi connectivity index (χ3n) is 1.95. The van der Waals surface area contributed by atoms with E-state index in [-0.39, 0.29) is 5.78 Å². The van der Waals surface area contributed by atoms with Gasteiger partial charge in [0, 0.05) is 12.6 Å². The molecule has 2 rings (SSSR count). The van der Waals surface area contributed by atoms with Gasteiger partial charge in [-0.1, -0.05) is 6.92 Å². The second-order valence-corrected chi connectivity index (χ2v) is 2.76. The monoisotopic (exact) mass is 175 g/mol. The molecule has 13 heavy (non-hydrogen) atoms. The van der Waals surface area contributed by atoms with Crippen molar-refractivity contribution in [1.29, 1.82) is 0 Å². The summed E-state index contributed by atoms with van der Waals surface area (Å²) in [5, 5.41) is 7.62. The molecule has 2 heterocycles. The van der Waals surface area contributed by atoms with Gasteiger partial charge in [-0.2, -0.15) is 0 Å². The lowest BCUT2D eigenvalue weighted by Gasteiger charge is -1.98. The molecule has 2 aromatic rings. The van der Waals surface area contributed by atoms with E-state index in [2.05, 4.69) is 10.2 Å². The van der Waals surface area contributed by atoms with Crippen LogP contribution >= 0.6 is 0 Å². The van der Waals surface area contributed by atoms with Crippen molar-refractivity contribution in [2.24, 2.45) is 0 Å². The number of nitrogens with zero attached hydrogens (tertiary/aromatic N) is 3. The third kappa shape index (κ3) is 1.20. The number of aromatic nitrogens is 3. The normalized spacial score (nSPS) is 10.5. The van der Waals surface area contributed by atoms with Gasteiger partial charge < -0.3 is 0 Å². The first-order valence-corrected chi connectivity index (χ1v) is 4.14. The number of Topliss-reactive ketones (excluding diaryl/α,β-unsaturated/α-hetero) is 1. The number of hydrogen-bond acceptors (Lipinski definition) is 3. The maximum atomic E-state index is 11.4. The minimum absolute atomic E-state index is 0.0959. The Labute approximate surface area is 75.2 Å². The van der Waals surface area contributed by atoms with Crippen LogP contribution in [-0.2, 0) is 0 Å². The maximum absolute atomic E-state index is 11.4. The summed E-state index contributed by atoms with van der Waals surface area (Å²) in [6.07, 6.45) is 3.90. The average Bonchev–Trinajstić information content (AvgIpc) is 2.63. The van der Waals surface area contributed by atoms with Gasteiger partial charge in [0.25, 0.3) is 0 Å². The van der Waals surface area contributed by atoms with E-state index >= 15 is 0 Å². The van der Waals surface area contributed by atoms with Crippen molar-refractivity contribution in [2.75, 3.05) is 0 Å². The van der Waals surface area contributed by atoms with Gasteiger partial charge in [-0.15, -0.1) is 10.2 Å². The summed E-state index contributed by atoms with van der Waals surface area (Å²) in [5.41, 5.74) is 1.27. The first kappa shape index (κ1) is 7.91. The number of ketones is 1. The first-order valence-electron chi connectivity index (χ1n) is 4.14. The van der Waals surface area contributed by atoms with Gasteiger partial charge in [-0.3, -0.25) is 9.20 Å². The van der Waals surface area contributed by atoms with Crippen LogP contribution in [0.5, 0.6) is 0 Å². The van der Waals surface area contributed by atoms with E-state index in [9.17, 15) is 4.79 Å². The van der Waals surface area contributed by atoms with Crippen LogP contribution in [0.15, 0.2) is 24.7 Å². The second kappa shape index (κ2) is 2.97. The quantitative estimate of drug-likeness (QED) is 0.647. The molecule has 0 spiro atoms.